The van der Waals surface area contributed by atoms with Gasteiger partial charge in [0.05, 0.1) is 12.2 Å². The molecule has 0 amide bonds. The molecule has 0 spiro atoms. The molecule has 1 aromatic heterocycles. The Labute approximate surface area is 101 Å². The maximum Gasteiger partial charge on any atom is 0.128 e. The van der Waals surface area contributed by atoms with Gasteiger partial charge in [0.2, 0.25) is 0 Å². The number of anilines is 1. The predicted octanol–water partition coefficient (Wildman–Crippen LogP) is 0.979. The summed E-state index contributed by atoms with van der Waals surface area (Å²) in [5.41, 5.74) is 6.05. The van der Waals surface area contributed by atoms with E-state index in [-0.39, 0.29) is 18.0 Å². The van der Waals surface area contributed by atoms with Crippen LogP contribution in [0.25, 0.3) is 0 Å². The average Bonchev–Trinajstić information content (AvgIpc) is 2.28. The Hall–Kier alpha value is -1.62. The molecular weight excluding hydrogens is 216 g/mol. The van der Waals surface area contributed by atoms with Crippen molar-refractivity contribution in [3.63, 3.8) is 0 Å². The number of hydrogen-bond acceptors (Lipinski definition) is 4. The zero-order valence-electron chi connectivity index (χ0n) is 10.2. The topological polar surface area (TPSA) is 75.2 Å². The van der Waals surface area contributed by atoms with Crippen LogP contribution in [0.4, 0.5) is 5.82 Å². The van der Waals surface area contributed by atoms with E-state index in [0.717, 1.165) is 18.9 Å². The molecule has 92 valence electrons. The summed E-state index contributed by atoms with van der Waals surface area (Å²) in [5, 5.41) is 7.32. The van der Waals surface area contributed by atoms with Crippen LogP contribution >= 0.6 is 0 Å². The molecule has 1 fully saturated rings. The van der Waals surface area contributed by atoms with Crippen molar-refractivity contribution in [2.45, 2.75) is 26.1 Å². The van der Waals surface area contributed by atoms with Gasteiger partial charge in [0.25, 0.3) is 0 Å². The largest absolute Gasteiger partial charge is 0.384 e. The lowest BCUT2D eigenvalue weighted by Crippen LogP contribution is -2.45. The van der Waals surface area contributed by atoms with Crippen LogP contribution in [0.3, 0.4) is 0 Å². The highest BCUT2D eigenvalue weighted by Gasteiger charge is 2.22. The second-order valence-electron chi connectivity index (χ2n) is 4.48. The van der Waals surface area contributed by atoms with E-state index in [1.807, 2.05) is 12.1 Å². The quantitative estimate of drug-likeness (QED) is 0.591. The summed E-state index contributed by atoms with van der Waals surface area (Å²) in [7, 11) is 0. The number of hydrogen-bond donors (Lipinski definition) is 2. The minimum Gasteiger partial charge on any atom is -0.384 e. The van der Waals surface area contributed by atoms with Crippen molar-refractivity contribution in [3.05, 3.63) is 23.9 Å². The van der Waals surface area contributed by atoms with Crippen LogP contribution in [0, 0.1) is 5.41 Å². The summed E-state index contributed by atoms with van der Waals surface area (Å²) in [4.78, 5) is 6.54. The van der Waals surface area contributed by atoms with Gasteiger partial charge >= 0.3 is 0 Å². The van der Waals surface area contributed by atoms with Crippen molar-refractivity contribution in [2.24, 2.45) is 5.73 Å². The van der Waals surface area contributed by atoms with Gasteiger partial charge in [-0.3, -0.25) is 5.41 Å². The first-order chi connectivity index (χ1) is 8.06. The molecule has 17 heavy (non-hydrogen) atoms. The van der Waals surface area contributed by atoms with Crippen molar-refractivity contribution >= 4 is 11.7 Å². The van der Waals surface area contributed by atoms with Crippen LogP contribution in [0.2, 0.25) is 0 Å². The van der Waals surface area contributed by atoms with Crippen LogP contribution < -0.4 is 10.6 Å². The van der Waals surface area contributed by atoms with Crippen molar-refractivity contribution in [1.82, 2.24) is 4.98 Å². The van der Waals surface area contributed by atoms with Gasteiger partial charge in [-0.25, -0.2) is 4.98 Å². The number of pyridine rings is 1. The standard InChI is InChI=1S/C12H18N4O/c1-8-6-16(7-9(2)17-8)11-4-3-10(5-15-11)12(13)14/h3-5,8-9H,6-7H2,1-2H3,(H3,13,14)/t8-,9+. The molecule has 1 aliphatic heterocycles. The molecule has 0 aromatic carbocycles. The highest BCUT2D eigenvalue weighted by Crippen LogP contribution is 2.18. The Morgan fingerprint density at radius 3 is 2.53 bits per heavy atom. The van der Waals surface area contributed by atoms with Crippen molar-refractivity contribution in [2.75, 3.05) is 18.0 Å². The fourth-order valence-electron chi connectivity index (χ4n) is 2.10. The fourth-order valence-corrected chi connectivity index (χ4v) is 2.10. The molecule has 0 saturated carbocycles. The van der Waals surface area contributed by atoms with Gasteiger partial charge in [0.15, 0.2) is 0 Å². The molecule has 1 saturated heterocycles. The molecule has 2 rings (SSSR count). The molecule has 5 nitrogen and oxygen atoms in total. The zero-order valence-corrected chi connectivity index (χ0v) is 10.2. The van der Waals surface area contributed by atoms with Gasteiger partial charge in [0, 0.05) is 24.8 Å². The number of morpholine rings is 1. The predicted molar refractivity (Wildman–Crippen MR) is 67.5 cm³/mol. The van der Waals surface area contributed by atoms with Crippen LogP contribution in [-0.2, 0) is 4.74 Å². The number of amidine groups is 1. The van der Waals surface area contributed by atoms with Crippen LogP contribution in [0.5, 0.6) is 0 Å². The van der Waals surface area contributed by atoms with Crippen LogP contribution in [-0.4, -0.2) is 36.1 Å². The number of nitrogens with one attached hydrogen (secondary N) is 1. The van der Waals surface area contributed by atoms with Gasteiger partial charge in [-0.1, -0.05) is 0 Å². The number of ether oxygens (including phenoxy) is 1. The Kier molecular flexibility index (Phi) is 3.28. The van der Waals surface area contributed by atoms with Gasteiger partial charge in [-0.2, -0.15) is 0 Å². The molecule has 0 bridgehead atoms. The number of aromatic nitrogens is 1. The summed E-state index contributed by atoms with van der Waals surface area (Å²) < 4.78 is 5.68. The van der Waals surface area contributed by atoms with Crippen LogP contribution in [0.15, 0.2) is 18.3 Å². The summed E-state index contributed by atoms with van der Waals surface area (Å²) in [6, 6.07) is 3.73. The maximum atomic E-state index is 7.32. The maximum absolute atomic E-state index is 7.32. The summed E-state index contributed by atoms with van der Waals surface area (Å²) >= 11 is 0. The van der Waals surface area contributed by atoms with Crippen molar-refractivity contribution < 1.29 is 4.74 Å². The summed E-state index contributed by atoms with van der Waals surface area (Å²) in [6.07, 6.45) is 2.07. The van der Waals surface area contributed by atoms with Gasteiger partial charge in [-0.15, -0.1) is 0 Å². The minimum atomic E-state index is 0.0489. The molecule has 1 aliphatic rings. The van der Waals surface area contributed by atoms with E-state index < -0.39 is 0 Å². The van der Waals surface area contributed by atoms with E-state index in [1.54, 1.807) is 6.20 Å². The molecular formula is C12H18N4O. The fraction of sp³-hybridized carbons (Fsp3) is 0.500. The molecule has 2 atom stereocenters. The van der Waals surface area contributed by atoms with E-state index in [2.05, 4.69) is 23.7 Å². The third-order valence-electron chi connectivity index (χ3n) is 2.80. The number of nitrogens with two attached hydrogens (primary N) is 1. The van der Waals surface area contributed by atoms with E-state index in [0.29, 0.717) is 5.56 Å². The first-order valence-corrected chi connectivity index (χ1v) is 5.77. The minimum absolute atomic E-state index is 0.0489. The Morgan fingerprint density at radius 2 is 2.06 bits per heavy atom. The highest BCUT2D eigenvalue weighted by molar-refractivity contribution is 5.94. The Morgan fingerprint density at radius 1 is 1.41 bits per heavy atom. The third-order valence-corrected chi connectivity index (χ3v) is 2.80. The molecule has 0 radical (unpaired) electrons. The van der Waals surface area contributed by atoms with E-state index in [4.69, 9.17) is 15.9 Å². The lowest BCUT2D eigenvalue weighted by atomic mass is 10.2. The first-order valence-electron chi connectivity index (χ1n) is 5.77. The normalized spacial score (nSPS) is 24.7. The lowest BCUT2D eigenvalue weighted by Gasteiger charge is -2.36. The van der Waals surface area contributed by atoms with Gasteiger partial charge < -0.3 is 15.4 Å². The first kappa shape index (κ1) is 11.9. The number of nitrogen functional groups attached to an aromatic ring is 1. The van der Waals surface area contributed by atoms with E-state index in [1.165, 1.54) is 0 Å². The molecule has 1 aromatic rings. The lowest BCUT2D eigenvalue weighted by molar-refractivity contribution is -0.00545. The summed E-state index contributed by atoms with van der Waals surface area (Å²) in [6.45, 7) is 5.81. The smallest absolute Gasteiger partial charge is 0.128 e. The zero-order chi connectivity index (χ0) is 12.4. The molecule has 0 aliphatic carbocycles. The Balaban J connectivity index is 2.14. The molecule has 5 heteroatoms. The van der Waals surface area contributed by atoms with Crippen molar-refractivity contribution in [3.8, 4) is 0 Å². The molecule has 2 heterocycles. The van der Waals surface area contributed by atoms with Gasteiger partial charge in [0.1, 0.15) is 11.7 Å². The highest BCUT2D eigenvalue weighted by atomic mass is 16.5. The average molecular weight is 234 g/mol. The molecule has 0 unspecified atom stereocenters. The SMILES string of the molecule is C[C@@H]1CN(c2ccc(C(=N)N)cn2)C[C@H](C)O1. The number of nitrogens with zero attached hydrogens (tertiary/aromatic N) is 2. The van der Waals surface area contributed by atoms with Crippen molar-refractivity contribution in [1.29, 1.82) is 5.41 Å². The second-order valence-corrected chi connectivity index (χ2v) is 4.48. The van der Waals surface area contributed by atoms with Gasteiger partial charge in [-0.05, 0) is 26.0 Å². The number of rotatable bonds is 2. The molecule has 3 N–H and O–H groups in total. The second kappa shape index (κ2) is 4.71. The third kappa shape index (κ3) is 2.74. The Bertz CT molecular complexity index is 393. The van der Waals surface area contributed by atoms with E-state index in [9.17, 15) is 0 Å². The summed E-state index contributed by atoms with van der Waals surface area (Å²) in [5.74, 6) is 0.963. The van der Waals surface area contributed by atoms with E-state index >= 15 is 0 Å². The monoisotopic (exact) mass is 234 g/mol. The van der Waals surface area contributed by atoms with Crippen LogP contribution in [0.1, 0.15) is 19.4 Å².